The van der Waals surface area contributed by atoms with Crippen molar-refractivity contribution in [2.75, 3.05) is 6.54 Å². The molecule has 1 heterocycles. The maximum atomic E-state index is 11.7. The number of nitrogens with one attached hydrogen (secondary N) is 3. The van der Waals surface area contributed by atoms with Gasteiger partial charge in [-0.3, -0.25) is 4.79 Å². The van der Waals surface area contributed by atoms with Gasteiger partial charge in [0.15, 0.2) is 0 Å². The van der Waals surface area contributed by atoms with Gasteiger partial charge in [-0.05, 0) is 19.3 Å². The predicted octanol–water partition coefficient (Wildman–Crippen LogP) is 2.20. The number of carbonyl (C=O) groups excluding carboxylic acids is 1. The average molecular weight is 296 g/mol. The van der Waals surface area contributed by atoms with Gasteiger partial charge in [0, 0.05) is 25.4 Å². The van der Waals surface area contributed by atoms with Crippen molar-refractivity contribution in [2.24, 2.45) is 0 Å². The van der Waals surface area contributed by atoms with E-state index < -0.39 is 5.97 Å². The zero-order valence-corrected chi connectivity index (χ0v) is 12.4. The van der Waals surface area contributed by atoms with Crippen molar-refractivity contribution in [1.82, 2.24) is 20.6 Å². The van der Waals surface area contributed by atoms with E-state index in [1.165, 1.54) is 0 Å². The summed E-state index contributed by atoms with van der Waals surface area (Å²) >= 11 is 0. The molecule has 0 spiro atoms. The lowest BCUT2D eigenvalue weighted by Crippen LogP contribution is -2.38. The van der Waals surface area contributed by atoms with E-state index in [1.54, 1.807) is 12.4 Å². The van der Waals surface area contributed by atoms with Crippen molar-refractivity contribution in [1.29, 1.82) is 0 Å². The van der Waals surface area contributed by atoms with Crippen LogP contribution in [0, 0.1) is 0 Å². The molecule has 0 fully saturated rings. The number of amides is 2. The molecule has 0 aliphatic rings. The third-order valence-corrected chi connectivity index (χ3v) is 3.17. The zero-order valence-electron chi connectivity index (χ0n) is 12.4. The lowest BCUT2D eigenvalue weighted by atomic mass is 10.1. The molecule has 0 radical (unpaired) electrons. The maximum absolute atomic E-state index is 11.7. The topological polar surface area (TPSA) is 107 Å². The van der Waals surface area contributed by atoms with Crippen LogP contribution in [0.2, 0.25) is 0 Å². The summed E-state index contributed by atoms with van der Waals surface area (Å²) in [5.41, 5.74) is 0. The highest BCUT2D eigenvalue weighted by Crippen LogP contribution is 2.10. The third-order valence-electron chi connectivity index (χ3n) is 3.17. The Morgan fingerprint density at radius 3 is 2.71 bits per heavy atom. The fraction of sp³-hybridized carbons (Fsp3) is 0.643. The minimum absolute atomic E-state index is 0.115. The standard InChI is InChI=1S/C14H24N4O3/c1-2-11(13-15-9-10-16-13)18-14(21)17-8-6-4-3-5-7-12(19)20/h9-11H,2-8H2,1H3,(H,15,16)(H,19,20)(H2,17,18,21). The van der Waals surface area contributed by atoms with Gasteiger partial charge in [-0.15, -0.1) is 0 Å². The summed E-state index contributed by atoms with van der Waals surface area (Å²) < 4.78 is 0. The second-order valence-corrected chi connectivity index (χ2v) is 4.89. The van der Waals surface area contributed by atoms with Crippen LogP contribution < -0.4 is 10.6 Å². The Morgan fingerprint density at radius 2 is 2.10 bits per heavy atom. The molecule has 0 aliphatic heterocycles. The lowest BCUT2D eigenvalue weighted by Gasteiger charge is -2.15. The largest absolute Gasteiger partial charge is 0.481 e. The number of aromatic amines is 1. The molecule has 7 heteroatoms. The number of carboxylic acid groups (broad SMARTS) is 1. The molecule has 1 atom stereocenters. The van der Waals surface area contributed by atoms with Crippen LogP contribution in [-0.4, -0.2) is 33.6 Å². The van der Waals surface area contributed by atoms with Crippen LogP contribution in [-0.2, 0) is 4.79 Å². The highest BCUT2D eigenvalue weighted by Gasteiger charge is 2.13. The Kier molecular flexibility index (Phi) is 7.93. The summed E-state index contributed by atoms with van der Waals surface area (Å²) in [5, 5.41) is 14.2. The molecular weight excluding hydrogens is 272 g/mol. The molecule has 0 aromatic carbocycles. The fourth-order valence-corrected chi connectivity index (χ4v) is 2.00. The number of unbranched alkanes of at least 4 members (excludes halogenated alkanes) is 3. The minimum Gasteiger partial charge on any atom is -0.481 e. The van der Waals surface area contributed by atoms with Gasteiger partial charge >= 0.3 is 12.0 Å². The number of imidazole rings is 1. The second-order valence-electron chi connectivity index (χ2n) is 4.89. The van der Waals surface area contributed by atoms with Crippen molar-refractivity contribution in [2.45, 2.75) is 51.5 Å². The smallest absolute Gasteiger partial charge is 0.315 e. The predicted molar refractivity (Wildman–Crippen MR) is 78.9 cm³/mol. The number of hydrogen-bond donors (Lipinski definition) is 4. The van der Waals surface area contributed by atoms with Gasteiger partial charge in [0.25, 0.3) is 0 Å². The van der Waals surface area contributed by atoms with Gasteiger partial charge in [0.1, 0.15) is 5.82 Å². The SMILES string of the molecule is CCC(NC(=O)NCCCCCCC(=O)O)c1ncc[nH]1. The van der Waals surface area contributed by atoms with Gasteiger partial charge in [0.05, 0.1) is 6.04 Å². The average Bonchev–Trinajstić information content (AvgIpc) is 2.97. The van der Waals surface area contributed by atoms with Crippen LogP contribution in [0.5, 0.6) is 0 Å². The first-order valence-corrected chi connectivity index (χ1v) is 7.39. The number of nitrogens with zero attached hydrogens (tertiary/aromatic N) is 1. The summed E-state index contributed by atoms with van der Waals surface area (Å²) in [7, 11) is 0. The van der Waals surface area contributed by atoms with Gasteiger partial charge in [-0.1, -0.05) is 19.8 Å². The summed E-state index contributed by atoms with van der Waals surface area (Å²) in [5.74, 6) is -0.00245. The van der Waals surface area contributed by atoms with E-state index >= 15 is 0 Å². The summed E-state index contributed by atoms with van der Waals surface area (Å²) in [4.78, 5) is 29.2. The minimum atomic E-state index is -0.754. The summed E-state index contributed by atoms with van der Waals surface area (Å²) in [6.07, 6.45) is 7.71. The Morgan fingerprint density at radius 1 is 1.33 bits per heavy atom. The van der Waals surface area contributed by atoms with Gasteiger partial charge in [-0.2, -0.15) is 0 Å². The number of rotatable bonds is 10. The second kappa shape index (κ2) is 9.79. The number of aromatic nitrogens is 2. The van der Waals surface area contributed by atoms with Crippen LogP contribution in [0.3, 0.4) is 0 Å². The number of hydrogen-bond acceptors (Lipinski definition) is 3. The molecule has 7 nitrogen and oxygen atoms in total. The molecule has 1 aromatic heterocycles. The monoisotopic (exact) mass is 296 g/mol. The van der Waals surface area contributed by atoms with Gasteiger partial charge in [-0.25, -0.2) is 9.78 Å². The van der Waals surface area contributed by atoms with E-state index in [0.717, 1.165) is 31.5 Å². The number of urea groups is 1. The lowest BCUT2D eigenvalue weighted by molar-refractivity contribution is -0.137. The zero-order chi connectivity index (χ0) is 15.5. The van der Waals surface area contributed by atoms with E-state index in [4.69, 9.17) is 5.11 Å². The number of carbonyl (C=O) groups is 2. The van der Waals surface area contributed by atoms with Crippen LogP contribution in [0.1, 0.15) is 57.3 Å². The molecule has 21 heavy (non-hydrogen) atoms. The van der Waals surface area contributed by atoms with Crippen molar-refractivity contribution in [3.63, 3.8) is 0 Å². The first-order chi connectivity index (χ1) is 10.1. The highest BCUT2D eigenvalue weighted by atomic mass is 16.4. The third kappa shape index (κ3) is 7.34. The Hall–Kier alpha value is -2.05. The molecule has 2 amide bonds. The number of aliphatic carboxylic acids is 1. The van der Waals surface area contributed by atoms with E-state index in [9.17, 15) is 9.59 Å². The Bertz CT molecular complexity index is 420. The van der Waals surface area contributed by atoms with Crippen LogP contribution in [0.15, 0.2) is 12.4 Å². The van der Waals surface area contributed by atoms with Crippen molar-refractivity contribution < 1.29 is 14.7 Å². The first-order valence-electron chi connectivity index (χ1n) is 7.39. The molecular formula is C14H24N4O3. The Labute approximate surface area is 124 Å². The molecule has 1 aromatic rings. The van der Waals surface area contributed by atoms with E-state index in [1.807, 2.05) is 6.92 Å². The molecule has 4 N–H and O–H groups in total. The van der Waals surface area contributed by atoms with Gasteiger partial charge < -0.3 is 20.7 Å². The maximum Gasteiger partial charge on any atom is 0.315 e. The van der Waals surface area contributed by atoms with Crippen molar-refractivity contribution >= 4 is 12.0 Å². The van der Waals surface area contributed by atoms with Gasteiger partial charge in [0.2, 0.25) is 0 Å². The molecule has 1 unspecified atom stereocenters. The van der Waals surface area contributed by atoms with Crippen LogP contribution in [0.4, 0.5) is 4.79 Å². The highest BCUT2D eigenvalue weighted by molar-refractivity contribution is 5.74. The van der Waals surface area contributed by atoms with E-state index in [2.05, 4.69) is 20.6 Å². The van der Waals surface area contributed by atoms with E-state index in [0.29, 0.717) is 13.0 Å². The number of H-pyrrole nitrogens is 1. The first kappa shape index (κ1) is 17.0. The Balaban J connectivity index is 2.09. The number of carboxylic acids is 1. The summed E-state index contributed by atoms with van der Waals surface area (Å²) in [6, 6.07) is -0.320. The molecule has 1 rings (SSSR count). The van der Waals surface area contributed by atoms with E-state index in [-0.39, 0.29) is 18.5 Å². The molecule has 0 aliphatic carbocycles. The normalized spacial score (nSPS) is 11.9. The van der Waals surface area contributed by atoms with Crippen molar-refractivity contribution in [3.05, 3.63) is 18.2 Å². The molecule has 0 saturated carbocycles. The quantitative estimate of drug-likeness (QED) is 0.496. The molecule has 0 bridgehead atoms. The molecule has 0 saturated heterocycles. The molecule has 118 valence electrons. The van der Waals surface area contributed by atoms with Crippen molar-refractivity contribution in [3.8, 4) is 0 Å². The summed E-state index contributed by atoms with van der Waals surface area (Å²) in [6.45, 7) is 2.57. The fourth-order valence-electron chi connectivity index (χ4n) is 2.00. The van der Waals surface area contributed by atoms with Crippen LogP contribution >= 0.6 is 0 Å². The van der Waals surface area contributed by atoms with Crippen LogP contribution in [0.25, 0.3) is 0 Å².